The van der Waals surface area contributed by atoms with Gasteiger partial charge in [0, 0.05) is 12.6 Å². The lowest BCUT2D eigenvalue weighted by Gasteiger charge is -2.12. The fourth-order valence-corrected chi connectivity index (χ4v) is 2.20. The third kappa shape index (κ3) is 3.80. The quantitative estimate of drug-likeness (QED) is 0.648. The number of nitrogens with one attached hydrogen (secondary N) is 1. The molecule has 0 atom stereocenters. The molecule has 0 amide bonds. The molecular formula is C15H15BrN2O3. The van der Waals surface area contributed by atoms with Crippen LogP contribution in [0.25, 0.3) is 0 Å². The van der Waals surface area contributed by atoms with Gasteiger partial charge < -0.3 is 10.1 Å². The number of nitro benzene ring substituents is 1. The number of nitro groups is 1. The first-order valence-electron chi connectivity index (χ1n) is 6.37. The molecule has 0 aliphatic rings. The average molecular weight is 351 g/mol. The van der Waals surface area contributed by atoms with Crippen LogP contribution in [0.15, 0.2) is 40.9 Å². The summed E-state index contributed by atoms with van der Waals surface area (Å²) in [6.07, 6.45) is 0. The van der Waals surface area contributed by atoms with Crippen molar-refractivity contribution in [1.82, 2.24) is 5.32 Å². The first kappa shape index (κ1) is 15.5. The van der Waals surface area contributed by atoms with Crippen LogP contribution in [-0.4, -0.2) is 12.0 Å². The van der Waals surface area contributed by atoms with Gasteiger partial charge in [-0.25, -0.2) is 0 Å². The van der Waals surface area contributed by atoms with Crippen molar-refractivity contribution in [1.29, 1.82) is 0 Å². The molecule has 1 N–H and O–H groups in total. The highest BCUT2D eigenvalue weighted by Crippen LogP contribution is 2.34. The third-order valence-corrected chi connectivity index (χ3v) is 3.63. The fraction of sp³-hybridized carbons (Fsp3) is 0.200. The van der Waals surface area contributed by atoms with E-state index in [9.17, 15) is 10.1 Å². The van der Waals surface area contributed by atoms with Gasteiger partial charge >= 0.3 is 0 Å². The molecule has 0 aliphatic carbocycles. The van der Waals surface area contributed by atoms with Crippen LogP contribution in [-0.2, 0) is 6.54 Å². The SMILES string of the molecule is CNCc1ccc(C)c(Oc2cc([N+](=O)[O-])ccc2Br)c1. The molecule has 0 aliphatic heterocycles. The number of ether oxygens (including phenoxy) is 1. The summed E-state index contributed by atoms with van der Waals surface area (Å²) in [4.78, 5) is 10.4. The molecule has 0 radical (unpaired) electrons. The minimum atomic E-state index is -0.441. The topological polar surface area (TPSA) is 64.4 Å². The Labute approximate surface area is 131 Å². The lowest BCUT2D eigenvalue weighted by Crippen LogP contribution is -2.05. The Morgan fingerprint density at radius 3 is 2.67 bits per heavy atom. The molecule has 0 unspecified atom stereocenters. The summed E-state index contributed by atoms with van der Waals surface area (Å²) >= 11 is 3.35. The summed E-state index contributed by atoms with van der Waals surface area (Å²) in [5.74, 6) is 1.11. The molecule has 0 fully saturated rings. The molecule has 0 aromatic heterocycles. The van der Waals surface area contributed by atoms with Crippen LogP contribution >= 0.6 is 15.9 Å². The highest BCUT2D eigenvalue weighted by Gasteiger charge is 2.12. The molecule has 6 heteroatoms. The van der Waals surface area contributed by atoms with E-state index in [1.807, 2.05) is 32.2 Å². The van der Waals surface area contributed by atoms with Crippen LogP contribution in [0.4, 0.5) is 5.69 Å². The zero-order valence-corrected chi connectivity index (χ0v) is 13.3. The van der Waals surface area contributed by atoms with Gasteiger partial charge in [-0.3, -0.25) is 10.1 Å². The van der Waals surface area contributed by atoms with E-state index in [1.165, 1.54) is 12.1 Å². The van der Waals surface area contributed by atoms with Crippen molar-refractivity contribution in [3.05, 3.63) is 62.1 Å². The Hall–Kier alpha value is -1.92. The van der Waals surface area contributed by atoms with Crippen molar-refractivity contribution in [3.63, 3.8) is 0 Å². The Bertz CT molecular complexity index is 674. The summed E-state index contributed by atoms with van der Waals surface area (Å²) in [6.45, 7) is 2.66. The van der Waals surface area contributed by atoms with Gasteiger partial charge in [0.15, 0.2) is 0 Å². The Kier molecular flexibility index (Phi) is 4.93. The predicted octanol–water partition coefficient (Wildman–Crippen LogP) is 4.18. The molecule has 110 valence electrons. The van der Waals surface area contributed by atoms with E-state index in [0.29, 0.717) is 16.0 Å². The van der Waals surface area contributed by atoms with E-state index in [-0.39, 0.29) is 5.69 Å². The highest BCUT2D eigenvalue weighted by atomic mass is 79.9. The van der Waals surface area contributed by atoms with E-state index >= 15 is 0 Å². The summed E-state index contributed by atoms with van der Waals surface area (Å²) in [6, 6.07) is 10.4. The van der Waals surface area contributed by atoms with Crippen LogP contribution in [0.2, 0.25) is 0 Å². The first-order valence-corrected chi connectivity index (χ1v) is 7.16. The minimum Gasteiger partial charge on any atom is -0.456 e. The van der Waals surface area contributed by atoms with Crippen molar-refractivity contribution in [2.24, 2.45) is 0 Å². The molecule has 0 spiro atoms. The minimum absolute atomic E-state index is 0.00256. The Balaban J connectivity index is 2.35. The molecule has 2 rings (SSSR count). The third-order valence-electron chi connectivity index (χ3n) is 2.98. The van der Waals surface area contributed by atoms with Crippen molar-refractivity contribution in [2.45, 2.75) is 13.5 Å². The van der Waals surface area contributed by atoms with Gasteiger partial charge in [-0.2, -0.15) is 0 Å². The molecular weight excluding hydrogens is 336 g/mol. The van der Waals surface area contributed by atoms with Gasteiger partial charge in [0.25, 0.3) is 5.69 Å². The smallest absolute Gasteiger partial charge is 0.273 e. The van der Waals surface area contributed by atoms with E-state index in [2.05, 4.69) is 21.2 Å². The number of non-ortho nitro benzene ring substituents is 1. The molecule has 0 bridgehead atoms. The van der Waals surface area contributed by atoms with Crippen LogP contribution in [0.5, 0.6) is 11.5 Å². The molecule has 5 nitrogen and oxygen atoms in total. The van der Waals surface area contributed by atoms with Crippen molar-refractivity contribution in [2.75, 3.05) is 7.05 Å². The summed E-state index contributed by atoms with van der Waals surface area (Å²) < 4.78 is 6.51. The van der Waals surface area contributed by atoms with Crippen LogP contribution in [0.3, 0.4) is 0 Å². The molecule has 0 heterocycles. The first-order chi connectivity index (χ1) is 10.0. The maximum absolute atomic E-state index is 10.8. The van der Waals surface area contributed by atoms with Gasteiger partial charge in [0.1, 0.15) is 11.5 Å². The lowest BCUT2D eigenvalue weighted by atomic mass is 10.1. The predicted molar refractivity (Wildman–Crippen MR) is 84.8 cm³/mol. The second-order valence-electron chi connectivity index (χ2n) is 4.60. The number of halogens is 1. The van der Waals surface area contributed by atoms with E-state index < -0.39 is 4.92 Å². The Morgan fingerprint density at radius 2 is 2.00 bits per heavy atom. The second kappa shape index (κ2) is 6.69. The number of benzene rings is 2. The number of hydrogen-bond acceptors (Lipinski definition) is 4. The van der Waals surface area contributed by atoms with Crippen molar-refractivity contribution < 1.29 is 9.66 Å². The second-order valence-corrected chi connectivity index (χ2v) is 5.46. The molecule has 21 heavy (non-hydrogen) atoms. The maximum atomic E-state index is 10.8. The molecule has 0 saturated heterocycles. The lowest BCUT2D eigenvalue weighted by molar-refractivity contribution is -0.384. The van der Waals surface area contributed by atoms with Crippen LogP contribution in [0, 0.1) is 17.0 Å². The van der Waals surface area contributed by atoms with E-state index in [4.69, 9.17) is 4.74 Å². The Morgan fingerprint density at radius 1 is 1.24 bits per heavy atom. The van der Waals surface area contributed by atoms with Gasteiger partial charge in [0.05, 0.1) is 15.5 Å². The normalized spacial score (nSPS) is 10.4. The number of hydrogen-bond donors (Lipinski definition) is 1. The monoisotopic (exact) mass is 350 g/mol. The van der Waals surface area contributed by atoms with Crippen molar-refractivity contribution >= 4 is 21.6 Å². The zero-order valence-electron chi connectivity index (χ0n) is 11.7. The molecule has 2 aromatic rings. The average Bonchev–Trinajstić information content (AvgIpc) is 2.45. The zero-order chi connectivity index (χ0) is 15.4. The van der Waals surface area contributed by atoms with Crippen LogP contribution in [0.1, 0.15) is 11.1 Å². The number of rotatable bonds is 5. The standard InChI is InChI=1S/C15H15BrN2O3/c1-10-3-4-11(9-17-2)7-14(10)21-15-8-12(18(19)20)5-6-13(15)16/h3-8,17H,9H2,1-2H3. The summed E-state index contributed by atoms with van der Waals surface area (Å²) in [7, 11) is 1.87. The van der Waals surface area contributed by atoms with Gasteiger partial charge in [-0.15, -0.1) is 0 Å². The molecule has 0 saturated carbocycles. The van der Waals surface area contributed by atoms with Gasteiger partial charge in [0.2, 0.25) is 0 Å². The fourth-order valence-electron chi connectivity index (χ4n) is 1.87. The van der Waals surface area contributed by atoms with E-state index in [1.54, 1.807) is 6.07 Å². The molecule has 2 aromatic carbocycles. The highest BCUT2D eigenvalue weighted by molar-refractivity contribution is 9.10. The summed E-state index contributed by atoms with van der Waals surface area (Å²) in [5, 5.41) is 13.9. The van der Waals surface area contributed by atoms with Crippen molar-refractivity contribution in [3.8, 4) is 11.5 Å². The van der Waals surface area contributed by atoms with Gasteiger partial charge in [-0.05, 0) is 53.2 Å². The van der Waals surface area contributed by atoms with Crippen LogP contribution < -0.4 is 10.1 Å². The number of aryl methyl sites for hydroxylation is 1. The van der Waals surface area contributed by atoms with E-state index in [0.717, 1.165) is 17.7 Å². The maximum Gasteiger partial charge on any atom is 0.273 e. The summed E-state index contributed by atoms with van der Waals surface area (Å²) in [5.41, 5.74) is 2.05. The van der Waals surface area contributed by atoms with Gasteiger partial charge in [-0.1, -0.05) is 12.1 Å². The largest absolute Gasteiger partial charge is 0.456 e. The number of nitrogens with zero attached hydrogens (tertiary/aromatic N) is 1.